The van der Waals surface area contributed by atoms with Crippen LogP contribution in [0, 0.1) is 6.92 Å². The van der Waals surface area contributed by atoms with E-state index in [-0.39, 0.29) is 5.56 Å². The largest absolute Gasteiger partial charge is 0.465 e. The monoisotopic (exact) mass is 377 g/mol. The van der Waals surface area contributed by atoms with Crippen molar-refractivity contribution in [3.63, 3.8) is 0 Å². The van der Waals surface area contributed by atoms with E-state index >= 15 is 0 Å². The molecular weight excluding hydrogens is 362 g/mol. The standard InChI is InChI=1S/C20H15N3O3S/c1-12-3-7-14(8-4-12)17-21-22-20-23(17)18(24)16(27-20)11-13-5-9-15(10-6-13)19(25)26-2/h3-11H,1-2H3/b16-11+. The van der Waals surface area contributed by atoms with Gasteiger partial charge in [-0.15, -0.1) is 10.2 Å². The summed E-state index contributed by atoms with van der Waals surface area (Å²) in [5, 5.41) is 8.30. The average molecular weight is 377 g/mol. The molecular formula is C20H15N3O3S. The van der Waals surface area contributed by atoms with Gasteiger partial charge < -0.3 is 4.74 Å². The summed E-state index contributed by atoms with van der Waals surface area (Å²) in [5.74, 6) is 0.140. The Bertz CT molecular complexity index is 1240. The van der Waals surface area contributed by atoms with Crippen molar-refractivity contribution in [1.29, 1.82) is 0 Å². The summed E-state index contributed by atoms with van der Waals surface area (Å²) in [4.78, 5) is 24.9. The van der Waals surface area contributed by atoms with Crippen LogP contribution in [-0.2, 0) is 4.74 Å². The fourth-order valence-electron chi connectivity index (χ4n) is 2.74. The number of ether oxygens (including phenoxy) is 1. The van der Waals surface area contributed by atoms with Crippen LogP contribution in [0.3, 0.4) is 0 Å². The Kier molecular flexibility index (Phi) is 4.29. The number of rotatable bonds is 3. The highest BCUT2D eigenvalue weighted by atomic mass is 32.1. The summed E-state index contributed by atoms with van der Waals surface area (Å²) < 4.78 is 6.78. The predicted molar refractivity (Wildman–Crippen MR) is 104 cm³/mol. The Morgan fingerprint density at radius 2 is 1.78 bits per heavy atom. The smallest absolute Gasteiger partial charge is 0.337 e. The first-order chi connectivity index (χ1) is 13.1. The van der Waals surface area contributed by atoms with Crippen molar-refractivity contribution in [3.8, 4) is 11.4 Å². The van der Waals surface area contributed by atoms with Crippen LogP contribution in [0.2, 0.25) is 0 Å². The average Bonchev–Trinajstić information content (AvgIpc) is 3.23. The quantitative estimate of drug-likeness (QED) is 0.513. The fraction of sp³-hybridized carbons (Fsp3) is 0.100. The normalized spacial score (nSPS) is 11.9. The number of thiazole rings is 1. The fourth-order valence-corrected chi connectivity index (χ4v) is 3.65. The van der Waals surface area contributed by atoms with Crippen LogP contribution < -0.4 is 10.1 Å². The van der Waals surface area contributed by atoms with Crippen molar-refractivity contribution >= 4 is 28.3 Å². The molecule has 134 valence electrons. The Hall–Kier alpha value is -3.32. The van der Waals surface area contributed by atoms with E-state index in [2.05, 4.69) is 14.9 Å². The van der Waals surface area contributed by atoms with Gasteiger partial charge in [-0.1, -0.05) is 53.3 Å². The van der Waals surface area contributed by atoms with Gasteiger partial charge in [-0.2, -0.15) is 0 Å². The number of fused-ring (bicyclic) bond motifs is 1. The van der Waals surface area contributed by atoms with Gasteiger partial charge in [-0.3, -0.25) is 4.79 Å². The first kappa shape index (κ1) is 17.1. The van der Waals surface area contributed by atoms with Crippen LogP contribution in [0.25, 0.3) is 22.4 Å². The third-order valence-corrected chi connectivity index (χ3v) is 5.15. The maximum absolute atomic E-state index is 12.9. The second-order valence-electron chi connectivity index (χ2n) is 6.04. The van der Waals surface area contributed by atoms with E-state index in [0.29, 0.717) is 20.9 Å². The summed E-state index contributed by atoms with van der Waals surface area (Å²) in [5.41, 5.74) is 3.10. The lowest BCUT2D eigenvalue weighted by Crippen LogP contribution is -2.23. The number of aryl methyl sites for hydroxylation is 1. The van der Waals surface area contributed by atoms with E-state index in [4.69, 9.17) is 0 Å². The summed E-state index contributed by atoms with van der Waals surface area (Å²) in [6, 6.07) is 14.7. The van der Waals surface area contributed by atoms with Crippen LogP contribution in [0.4, 0.5) is 0 Å². The van der Waals surface area contributed by atoms with Crippen molar-refractivity contribution in [3.05, 3.63) is 80.1 Å². The molecule has 0 spiro atoms. The first-order valence-electron chi connectivity index (χ1n) is 8.22. The van der Waals surface area contributed by atoms with Gasteiger partial charge in [0, 0.05) is 5.56 Å². The summed E-state index contributed by atoms with van der Waals surface area (Å²) in [6.07, 6.45) is 1.78. The van der Waals surface area contributed by atoms with Crippen LogP contribution in [0.15, 0.2) is 53.3 Å². The lowest BCUT2D eigenvalue weighted by Gasteiger charge is -1.98. The predicted octanol–water partition coefficient (Wildman–Crippen LogP) is 2.46. The number of aromatic nitrogens is 3. The second-order valence-corrected chi connectivity index (χ2v) is 7.05. The summed E-state index contributed by atoms with van der Waals surface area (Å²) in [7, 11) is 1.34. The molecule has 4 aromatic rings. The summed E-state index contributed by atoms with van der Waals surface area (Å²) in [6.45, 7) is 2.01. The summed E-state index contributed by atoms with van der Waals surface area (Å²) >= 11 is 1.28. The molecule has 0 radical (unpaired) electrons. The number of carbonyl (C=O) groups is 1. The Balaban J connectivity index is 1.78. The zero-order chi connectivity index (χ0) is 19.0. The molecule has 0 aliphatic heterocycles. The van der Waals surface area contributed by atoms with E-state index in [1.165, 1.54) is 22.8 Å². The number of hydrogen-bond donors (Lipinski definition) is 0. The Morgan fingerprint density at radius 3 is 2.44 bits per heavy atom. The van der Waals surface area contributed by atoms with Crippen LogP contribution in [-0.4, -0.2) is 27.7 Å². The number of nitrogens with zero attached hydrogens (tertiary/aromatic N) is 3. The minimum atomic E-state index is -0.394. The van der Waals surface area contributed by atoms with Gasteiger partial charge in [0.05, 0.1) is 17.2 Å². The molecule has 0 saturated carbocycles. The highest BCUT2D eigenvalue weighted by Gasteiger charge is 2.14. The highest BCUT2D eigenvalue weighted by molar-refractivity contribution is 7.15. The Morgan fingerprint density at radius 1 is 1.07 bits per heavy atom. The van der Waals surface area contributed by atoms with E-state index in [9.17, 15) is 9.59 Å². The Labute approximate surface area is 158 Å². The zero-order valence-electron chi connectivity index (χ0n) is 14.7. The number of carbonyl (C=O) groups excluding carboxylic acids is 1. The molecule has 0 bridgehead atoms. The number of esters is 1. The molecule has 7 heteroatoms. The third kappa shape index (κ3) is 3.13. The molecule has 2 heterocycles. The highest BCUT2D eigenvalue weighted by Crippen LogP contribution is 2.18. The molecule has 0 N–H and O–H groups in total. The molecule has 27 heavy (non-hydrogen) atoms. The lowest BCUT2D eigenvalue weighted by molar-refractivity contribution is 0.0600. The van der Waals surface area contributed by atoms with Crippen LogP contribution in [0.1, 0.15) is 21.5 Å². The molecule has 0 aliphatic carbocycles. The molecule has 4 rings (SSSR count). The maximum atomic E-state index is 12.9. The zero-order valence-corrected chi connectivity index (χ0v) is 15.5. The lowest BCUT2D eigenvalue weighted by atomic mass is 10.1. The molecule has 0 saturated heterocycles. The molecule has 0 aliphatic rings. The van der Waals surface area contributed by atoms with Crippen LogP contribution >= 0.6 is 11.3 Å². The second kappa shape index (κ2) is 6.77. The molecule has 0 fully saturated rings. The van der Waals surface area contributed by atoms with E-state index in [1.807, 2.05) is 31.2 Å². The minimum absolute atomic E-state index is 0.160. The van der Waals surface area contributed by atoms with Crippen LogP contribution in [0.5, 0.6) is 0 Å². The first-order valence-corrected chi connectivity index (χ1v) is 9.03. The SMILES string of the molecule is COC(=O)c1ccc(/C=c2/sc3nnc(-c4ccc(C)cc4)n3c2=O)cc1. The topological polar surface area (TPSA) is 73.6 Å². The van der Waals surface area contributed by atoms with Gasteiger partial charge in [-0.25, -0.2) is 9.20 Å². The van der Waals surface area contributed by atoms with Crippen molar-refractivity contribution in [2.24, 2.45) is 0 Å². The van der Waals surface area contributed by atoms with Gasteiger partial charge in [-0.05, 0) is 30.7 Å². The maximum Gasteiger partial charge on any atom is 0.337 e. The molecule has 0 amide bonds. The number of methoxy groups -OCH3 is 1. The van der Waals surface area contributed by atoms with Crippen molar-refractivity contribution in [2.45, 2.75) is 6.92 Å². The third-order valence-electron chi connectivity index (χ3n) is 4.19. The van der Waals surface area contributed by atoms with Gasteiger partial charge in [0.25, 0.3) is 5.56 Å². The number of hydrogen-bond acceptors (Lipinski definition) is 6. The van der Waals surface area contributed by atoms with E-state index in [1.54, 1.807) is 30.3 Å². The number of benzene rings is 2. The minimum Gasteiger partial charge on any atom is -0.465 e. The molecule has 2 aromatic heterocycles. The van der Waals surface area contributed by atoms with Crippen molar-refractivity contribution < 1.29 is 9.53 Å². The van der Waals surface area contributed by atoms with Crippen molar-refractivity contribution in [1.82, 2.24) is 14.6 Å². The van der Waals surface area contributed by atoms with Gasteiger partial charge in [0.15, 0.2) is 5.82 Å². The van der Waals surface area contributed by atoms with Crippen molar-refractivity contribution in [2.75, 3.05) is 7.11 Å². The molecule has 2 aromatic carbocycles. The van der Waals surface area contributed by atoms with Gasteiger partial charge >= 0.3 is 5.97 Å². The van der Waals surface area contributed by atoms with E-state index in [0.717, 1.165) is 16.7 Å². The van der Waals surface area contributed by atoms with Gasteiger partial charge in [0.2, 0.25) is 4.96 Å². The molecule has 0 unspecified atom stereocenters. The van der Waals surface area contributed by atoms with Gasteiger partial charge in [0.1, 0.15) is 0 Å². The van der Waals surface area contributed by atoms with E-state index < -0.39 is 5.97 Å². The molecule has 6 nitrogen and oxygen atoms in total. The molecule has 0 atom stereocenters.